The number of carbonyl (C=O) groups excluding carboxylic acids is 3. The number of carbonyl (C=O) groups is 3. The van der Waals surface area contributed by atoms with Crippen LogP contribution in [0.15, 0.2) is 24.3 Å². The molecule has 0 bridgehead atoms. The van der Waals surface area contributed by atoms with Crippen LogP contribution >= 0.6 is 0 Å². The number of nitrogens with zero attached hydrogens (tertiary/aromatic N) is 2. The minimum atomic E-state index is -0.210. The van der Waals surface area contributed by atoms with E-state index in [4.69, 9.17) is 0 Å². The van der Waals surface area contributed by atoms with E-state index in [1.54, 1.807) is 6.07 Å². The molecule has 1 aromatic carbocycles. The number of hydrogen-bond acceptors (Lipinski definition) is 3. The Morgan fingerprint density at radius 3 is 2.64 bits per heavy atom. The van der Waals surface area contributed by atoms with Crippen LogP contribution in [-0.2, 0) is 14.4 Å². The van der Waals surface area contributed by atoms with Gasteiger partial charge in [-0.15, -0.1) is 0 Å². The van der Waals surface area contributed by atoms with Gasteiger partial charge in [-0.05, 0) is 25.0 Å². The van der Waals surface area contributed by atoms with E-state index in [0.29, 0.717) is 17.4 Å². The first kappa shape index (κ1) is 17.5. The number of nitrogens with one attached hydrogen (secondary N) is 1. The Bertz CT molecular complexity index is 668. The molecule has 1 aliphatic carbocycles. The molecule has 0 atom stereocenters. The van der Waals surface area contributed by atoms with Crippen LogP contribution in [0.3, 0.4) is 0 Å². The summed E-state index contributed by atoms with van der Waals surface area (Å²) in [5.74, 6) is -0.389. The Kier molecular flexibility index (Phi) is 5.36. The molecule has 134 valence electrons. The van der Waals surface area contributed by atoms with Crippen molar-refractivity contribution in [2.45, 2.75) is 51.0 Å². The van der Waals surface area contributed by atoms with Gasteiger partial charge in [-0.3, -0.25) is 14.4 Å². The Morgan fingerprint density at radius 2 is 1.88 bits per heavy atom. The average Bonchev–Trinajstić information content (AvgIpc) is 2.65. The lowest BCUT2D eigenvalue weighted by Gasteiger charge is -2.32. The van der Waals surface area contributed by atoms with Gasteiger partial charge in [0.2, 0.25) is 17.7 Å². The molecule has 1 N–H and O–H groups in total. The number of hydrogen-bond donors (Lipinski definition) is 1. The van der Waals surface area contributed by atoms with E-state index in [-0.39, 0.29) is 37.1 Å². The summed E-state index contributed by atoms with van der Waals surface area (Å²) in [6.45, 7) is 0.00248. The van der Waals surface area contributed by atoms with E-state index in [9.17, 15) is 14.4 Å². The van der Waals surface area contributed by atoms with Gasteiger partial charge in [0.25, 0.3) is 0 Å². The topological polar surface area (TPSA) is 69.7 Å². The number of benzene rings is 1. The summed E-state index contributed by atoms with van der Waals surface area (Å²) in [4.78, 5) is 40.1. The van der Waals surface area contributed by atoms with E-state index < -0.39 is 0 Å². The molecule has 0 radical (unpaired) electrons. The van der Waals surface area contributed by atoms with E-state index in [1.165, 1.54) is 24.2 Å². The van der Waals surface area contributed by atoms with E-state index in [2.05, 4.69) is 5.32 Å². The lowest BCUT2D eigenvalue weighted by Crippen LogP contribution is -2.43. The maximum atomic E-state index is 12.6. The van der Waals surface area contributed by atoms with E-state index >= 15 is 0 Å². The monoisotopic (exact) mass is 343 g/mol. The summed E-state index contributed by atoms with van der Waals surface area (Å²) in [6.07, 6.45) is 5.99. The molecule has 0 spiro atoms. The maximum Gasteiger partial charge on any atom is 0.244 e. The molecule has 3 amide bonds. The van der Waals surface area contributed by atoms with Crippen molar-refractivity contribution in [3.05, 3.63) is 24.3 Å². The van der Waals surface area contributed by atoms with Crippen LogP contribution in [0.4, 0.5) is 11.4 Å². The lowest BCUT2D eigenvalue weighted by molar-refractivity contribution is -0.134. The molecule has 6 heteroatoms. The number of amides is 3. The van der Waals surface area contributed by atoms with Gasteiger partial charge in [0.15, 0.2) is 0 Å². The Labute approximate surface area is 148 Å². The summed E-state index contributed by atoms with van der Waals surface area (Å²) < 4.78 is 0. The fourth-order valence-corrected chi connectivity index (χ4v) is 3.65. The summed E-state index contributed by atoms with van der Waals surface area (Å²) >= 11 is 0. The highest BCUT2D eigenvalue weighted by Crippen LogP contribution is 2.29. The van der Waals surface area contributed by atoms with Crippen molar-refractivity contribution in [2.75, 3.05) is 23.8 Å². The number of anilines is 2. The predicted octanol–water partition coefficient (Wildman–Crippen LogP) is 2.54. The van der Waals surface area contributed by atoms with Gasteiger partial charge in [-0.2, -0.15) is 0 Å². The zero-order valence-electron chi connectivity index (χ0n) is 14.7. The molecule has 25 heavy (non-hydrogen) atoms. The molecule has 0 saturated heterocycles. The van der Waals surface area contributed by atoms with E-state index in [1.807, 2.05) is 30.1 Å². The largest absolute Gasteiger partial charge is 0.343 e. The van der Waals surface area contributed by atoms with Gasteiger partial charge in [-0.1, -0.05) is 31.4 Å². The number of fused-ring (bicyclic) bond motifs is 1. The summed E-state index contributed by atoms with van der Waals surface area (Å²) in [6, 6.07) is 7.53. The van der Waals surface area contributed by atoms with Crippen molar-refractivity contribution in [1.82, 2.24) is 4.90 Å². The normalized spacial score (nSPS) is 17.6. The van der Waals surface area contributed by atoms with Crippen LogP contribution in [-0.4, -0.2) is 42.3 Å². The highest BCUT2D eigenvalue weighted by atomic mass is 16.2. The van der Waals surface area contributed by atoms with Gasteiger partial charge in [0, 0.05) is 25.9 Å². The molecule has 1 fully saturated rings. The molecular formula is C19H25N3O3. The smallest absolute Gasteiger partial charge is 0.244 e. The molecule has 1 aromatic rings. The standard InChI is InChI=1S/C19H25N3O3/c1-21(14-7-3-2-4-8-14)18(24)11-12-19(25)22-13-17(23)20-15-9-5-6-10-16(15)22/h5-6,9-10,14H,2-4,7-8,11-13H2,1H3,(H,20,23). The summed E-state index contributed by atoms with van der Waals surface area (Å²) in [5.41, 5.74) is 1.33. The fourth-order valence-electron chi connectivity index (χ4n) is 3.65. The second-order valence-electron chi connectivity index (χ2n) is 6.84. The van der Waals surface area contributed by atoms with Crippen LogP contribution in [0.5, 0.6) is 0 Å². The van der Waals surface area contributed by atoms with Crippen molar-refractivity contribution in [2.24, 2.45) is 0 Å². The van der Waals surface area contributed by atoms with Crippen molar-refractivity contribution >= 4 is 29.1 Å². The van der Waals surface area contributed by atoms with Crippen molar-refractivity contribution in [3.63, 3.8) is 0 Å². The first-order chi connectivity index (χ1) is 12.1. The van der Waals surface area contributed by atoms with Crippen molar-refractivity contribution < 1.29 is 14.4 Å². The molecule has 0 unspecified atom stereocenters. The number of rotatable bonds is 4. The van der Waals surface area contributed by atoms with Crippen molar-refractivity contribution in [3.8, 4) is 0 Å². The zero-order chi connectivity index (χ0) is 17.8. The molecule has 1 saturated carbocycles. The van der Waals surface area contributed by atoms with Crippen LogP contribution in [0.1, 0.15) is 44.9 Å². The molecule has 1 heterocycles. The van der Waals surface area contributed by atoms with E-state index in [0.717, 1.165) is 12.8 Å². The summed E-state index contributed by atoms with van der Waals surface area (Å²) in [5, 5.41) is 2.76. The van der Waals surface area contributed by atoms with Crippen molar-refractivity contribution in [1.29, 1.82) is 0 Å². The highest BCUT2D eigenvalue weighted by Gasteiger charge is 2.28. The van der Waals surface area contributed by atoms with Gasteiger partial charge in [-0.25, -0.2) is 0 Å². The van der Waals surface area contributed by atoms with Gasteiger partial charge >= 0.3 is 0 Å². The third kappa shape index (κ3) is 4.00. The maximum absolute atomic E-state index is 12.6. The first-order valence-corrected chi connectivity index (χ1v) is 9.01. The van der Waals surface area contributed by atoms with Crippen LogP contribution in [0, 0.1) is 0 Å². The van der Waals surface area contributed by atoms with Gasteiger partial charge < -0.3 is 15.1 Å². The third-order valence-electron chi connectivity index (χ3n) is 5.14. The Hall–Kier alpha value is -2.37. The molecule has 2 aliphatic rings. The predicted molar refractivity (Wildman–Crippen MR) is 96.3 cm³/mol. The zero-order valence-corrected chi connectivity index (χ0v) is 14.7. The minimum Gasteiger partial charge on any atom is -0.343 e. The Balaban J connectivity index is 1.59. The second-order valence-corrected chi connectivity index (χ2v) is 6.84. The highest BCUT2D eigenvalue weighted by molar-refractivity contribution is 6.10. The molecular weight excluding hydrogens is 318 g/mol. The molecule has 1 aliphatic heterocycles. The van der Waals surface area contributed by atoms with Gasteiger partial charge in [0.1, 0.15) is 6.54 Å². The van der Waals surface area contributed by atoms with Crippen LogP contribution in [0.2, 0.25) is 0 Å². The average molecular weight is 343 g/mol. The third-order valence-corrected chi connectivity index (χ3v) is 5.14. The second kappa shape index (κ2) is 7.68. The SMILES string of the molecule is CN(C(=O)CCC(=O)N1CC(=O)Nc2ccccc21)C1CCCCC1. The van der Waals surface area contributed by atoms with Crippen LogP contribution in [0.25, 0.3) is 0 Å². The Morgan fingerprint density at radius 1 is 1.16 bits per heavy atom. The quantitative estimate of drug-likeness (QED) is 0.913. The number of para-hydroxylation sites is 2. The van der Waals surface area contributed by atoms with Gasteiger partial charge in [0.05, 0.1) is 11.4 Å². The first-order valence-electron chi connectivity index (χ1n) is 9.01. The molecule has 3 rings (SSSR count). The lowest BCUT2D eigenvalue weighted by atomic mass is 9.94. The molecule has 0 aromatic heterocycles. The van der Waals surface area contributed by atoms with Crippen LogP contribution < -0.4 is 10.2 Å². The summed E-state index contributed by atoms with van der Waals surface area (Å²) in [7, 11) is 1.84. The minimum absolute atomic E-state index is 0.00248. The fraction of sp³-hybridized carbons (Fsp3) is 0.526. The molecule has 6 nitrogen and oxygen atoms in total.